The zero-order chi connectivity index (χ0) is 11.7. The summed E-state index contributed by atoms with van der Waals surface area (Å²) in [6.07, 6.45) is 0. The van der Waals surface area contributed by atoms with Gasteiger partial charge in [-0.3, -0.25) is 9.59 Å². The molecule has 0 bridgehead atoms. The second kappa shape index (κ2) is 3.69. The largest absolute Gasteiger partial charge is 0.504 e. The quantitative estimate of drug-likeness (QED) is 0.705. The third kappa shape index (κ3) is 1.63. The molecule has 1 aromatic heterocycles. The van der Waals surface area contributed by atoms with Crippen LogP contribution in [0.25, 0.3) is 10.9 Å². The Morgan fingerprint density at radius 1 is 1.38 bits per heavy atom. The van der Waals surface area contributed by atoms with Gasteiger partial charge in [-0.25, -0.2) is 0 Å². The van der Waals surface area contributed by atoms with Crippen molar-refractivity contribution in [2.24, 2.45) is 0 Å². The number of aromatic nitrogens is 1. The summed E-state index contributed by atoms with van der Waals surface area (Å²) in [6.45, 7) is 1.16. The number of aromatic amines is 1. The Balaban J connectivity index is 2.75. The second-order valence-electron chi connectivity index (χ2n) is 3.27. The fraction of sp³-hybridized carbons (Fsp3) is 0.0909. The fourth-order valence-electron chi connectivity index (χ4n) is 1.45. The molecule has 1 aromatic carbocycles. The average molecular weight is 219 g/mol. The number of esters is 1. The van der Waals surface area contributed by atoms with Crippen molar-refractivity contribution in [2.45, 2.75) is 6.92 Å². The van der Waals surface area contributed by atoms with Gasteiger partial charge in [-0.05, 0) is 12.1 Å². The van der Waals surface area contributed by atoms with Gasteiger partial charge < -0.3 is 14.8 Å². The van der Waals surface area contributed by atoms with Crippen LogP contribution in [0.1, 0.15) is 6.92 Å². The SMILES string of the molecule is CC(=O)Oc1c(O)c2ccccc2[nH]c1=O. The van der Waals surface area contributed by atoms with Crippen LogP contribution in [0, 0.1) is 0 Å². The molecule has 0 aliphatic rings. The maximum atomic E-state index is 11.5. The van der Waals surface area contributed by atoms with Gasteiger partial charge in [-0.1, -0.05) is 12.1 Å². The van der Waals surface area contributed by atoms with Crippen LogP contribution in [0.2, 0.25) is 0 Å². The van der Waals surface area contributed by atoms with Gasteiger partial charge in [-0.15, -0.1) is 0 Å². The van der Waals surface area contributed by atoms with E-state index >= 15 is 0 Å². The van der Waals surface area contributed by atoms with Crippen molar-refractivity contribution in [1.82, 2.24) is 4.98 Å². The predicted octanol–water partition coefficient (Wildman–Crippen LogP) is 1.16. The molecule has 0 radical (unpaired) electrons. The number of nitrogens with one attached hydrogen (secondary N) is 1. The number of aromatic hydroxyl groups is 1. The highest BCUT2D eigenvalue weighted by Crippen LogP contribution is 2.29. The Labute approximate surface area is 90.3 Å². The predicted molar refractivity (Wildman–Crippen MR) is 57.5 cm³/mol. The molecule has 0 atom stereocenters. The van der Waals surface area contributed by atoms with E-state index in [-0.39, 0.29) is 11.5 Å². The molecule has 16 heavy (non-hydrogen) atoms. The van der Waals surface area contributed by atoms with Gasteiger partial charge in [0.1, 0.15) is 0 Å². The van der Waals surface area contributed by atoms with E-state index in [9.17, 15) is 14.7 Å². The molecule has 0 aliphatic carbocycles. The summed E-state index contributed by atoms with van der Waals surface area (Å²) in [5.74, 6) is -1.35. The maximum Gasteiger partial charge on any atom is 0.308 e. The van der Waals surface area contributed by atoms with Gasteiger partial charge in [0.05, 0.1) is 5.52 Å². The van der Waals surface area contributed by atoms with E-state index in [0.29, 0.717) is 10.9 Å². The molecule has 82 valence electrons. The molecule has 0 fully saturated rings. The van der Waals surface area contributed by atoms with Crippen LogP contribution in [0.4, 0.5) is 0 Å². The molecular weight excluding hydrogens is 210 g/mol. The summed E-state index contributed by atoms with van der Waals surface area (Å²) in [6, 6.07) is 6.70. The van der Waals surface area contributed by atoms with Crippen LogP contribution in [0.15, 0.2) is 29.1 Å². The molecule has 2 N–H and O–H groups in total. The number of carbonyl (C=O) groups excluding carboxylic acids is 1. The van der Waals surface area contributed by atoms with Gasteiger partial charge in [0.15, 0.2) is 5.75 Å². The lowest BCUT2D eigenvalue weighted by molar-refractivity contribution is -0.132. The van der Waals surface area contributed by atoms with Crippen molar-refractivity contribution in [3.05, 3.63) is 34.6 Å². The van der Waals surface area contributed by atoms with E-state index in [4.69, 9.17) is 0 Å². The van der Waals surface area contributed by atoms with Crippen molar-refractivity contribution in [3.63, 3.8) is 0 Å². The van der Waals surface area contributed by atoms with Crippen molar-refractivity contribution in [3.8, 4) is 11.5 Å². The normalized spacial score (nSPS) is 10.3. The summed E-state index contributed by atoms with van der Waals surface area (Å²) < 4.78 is 4.65. The summed E-state index contributed by atoms with van der Waals surface area (Å²) >= 11 is 0. The zero-order valence-corrected chi connectivity index (χ0v) is 8.48. The van der Waals surface area contributed by atoms with Gasteiger partial charge in [0, 0.05) is 12.3 Å². The molecule has 2 aromatic rings. The van der Waals surface area contributed by atoms with E-state index in [2.05, 4.69) is 9.72 Å². The summed E-state index contributed by atoms with van der Waals surface area (Å²) in [5, 5.41) is 10.2. The van der Waals surface area contributed by atoms with Crippen LogP contribution < -0.4 is 10.3 Å². The Kier molecular flexibility index (Phi) is 2.36. The summed E-state index contributed by atoms with van der Waals surface area (Å²) in [7, 11) is 0. The topological polar surface area (TPSA) is 79.4 Å². The van der Waals surface area contributed by atoms with Crippen molar-refractivity contribution in [2.75, 3.05) is 0 Å². The van der Waals surface area contributed by atoms with E-state index in [1.807, 2.05) is 0 Å². The summed E-state index contributed by atoms with van der Waals surface area (Å²) in [4.78, 5) is 24.8. The maximum absolute atomic E-state index is 11.5. The molecule has 0 unspecified atom stereocenters. The lowest BCUT2D eigenvalue weighted by Gasteiger charge is -2.05. The van der Waals surface area contributed by atoms with Crippen LogP contribution in [-0.4, -0.2) is 16.1 Å². The Bertz CT molecular complexity index is 615. The first-order valence-electron chi connectivity index (χ1n) is 4.62. The minimum absolute atomic E-state index is 0.324. The Morgan fingerprint density at radius 2 is 2.06 bits per heavy atom. The monoisotopic (exact) mass is 219 g/mol. The second-order valence-corrected chi connectivity index (χ2v) is 3.27. The first kappa shape index (κ1) is 10.2. The lowest BCUT2D eigenvalue weighted by atomic mass is 10.2. The highest BCUT2D eigenvalue weighted by Gasteiger charge is 2.14. The van der Waals surface area contributed by atoms with Crippen LogP contribution in [0.5, 0.6) is 11.5 Å². The average Bonchev–Trinajstić information content (AvgIpc) is 2.24. The van der Waals surface area contributed by atoms with E-state index < -0.39 is 11.5 Å². The highest BCUT2D eigenvalue weighted by molar-refractivity contribution is 5.87. The molecule has 0 saturated carbocycles. The lowest BCUT2D eigenvalue weighted by Crippen LogP contribution is -2.14. The van der Waals surface area contributed by atoms with Crippen LogP contribution in [-0.2, 0) is 4.79 Å². The van der Waals surface area contributed by atoms with E-state index in [1.54, 1.807) is 24.3 Å². The van der Waals surface area contributed by atoms with E-state index in [0.717, 1.165) is 6.92 Å². The fourth-order valence-corrected chi connectivity index (χ4v) is 1.45. The van der Waals surface area contributed by atoms with Gasteiger partial charge in [-0.2, -0.15) is 0 Å². The molecule has 1 heterocycles. The van der Waals surface area contributed by atoms with Crippen LogP contribution >= 0.6 is 0 Å². The molecular formula is C11H9NO4. The Hall–Kier alpha value is -2.30. The van der Waals surface area contributed by atoms with Crippen molar-refractivity contribution >= 4 is 16.9 Å². The van der Waals surface area contributed by atoms with Gasteiger partial charge >= 0.3 is 5.97 Å². The number of rotatable bonds is 1. The number of carbonyl (C=O) groups is 1. The number of ether oxygens (including phenoxy) is 1. The minimum atomic E-state index is -0.656. The van der Waals surface area contributed by atoms with Gasteiger partial charge in [0.25, 0.3) is 5.56 Å². The van der Waals surface area contributed by atoms with Crippen molar-refractivity contribution < 1.29 is 14.6 Å². The number of H-pyrrole nitrogens is 1. The zero-order valence-electron chi connectivity index (χ0n) is 8.48. The number of hydrogen-bond acceptors (Lipinski definition) is 4. The first-order chi connectivity index (χ1) is 7.59. The highest BCUT2D eigenvalue weighted by atomic mass is 16.5. The molecule has 0 spiro atoms. The number of benzene rings is 1. The molecule has 0 aliphatic heterocycles. The molecule has 0 saturated heterocycles. The number of hydrogen-bond donors (Lipinski definition) is 2. The minimum Gasteiger partial charge on any atom is -0.504 e. The third-order valence-electron chi connectivity index (χ3n) is 2.10. The van der Waals surface area contributed by atoms with E-state index in [1.165, 1.54) is 0 Å². The number of fused-ring (bicyclic) bond motifs is 1. The first-order valence-corrected chi connectivity index (χ1v) is 4.62. The molecule has 5 nitrogen and oxygen atoms in total. The van der Waals surface area contributed by atoms with Crippen molar-refractivity contribution in [1.29, 1.82) is 0 Å². The smallest absolute Gasteiger partial charge is 0.308 e. The number of pyridine rings is 1. The molecule has 2 rings (SSSR count). The molecule has 0 amide bonds. The van der Waals surface area contributed by atoms with Crippen LogP contribution in [0.3, 0.4) is 0 Å². The standard InChI is InChI=1S/C11H9NO4/c1-6(13)16-10-9(14)7-4-2-3-5-8(7)12-11(10)15/h2-5H,1H3,(H2,12,14,15). The third-order valence-corrected chi connectivity index (χ3v) is 2.10. The molecule has 5 heteroatoms. The summed E-state index contributed by atoms with van der Waals surface area (Å²) in [5.41, 5.74) is -0.146. The Morgan fingerprint density at radius 3 is 2.75 bits per heavy atom. The van der Waals surface area contributed by atoms with Gasteiger partial charge in [0.2, 0.25) is 5.75 Å². The number of para-hydroxylation sites is 1.